The molecule has 1 amide bonds. The monoisotopic (exact) mass is 690 g/mol. The molecule has 6 N–H and O–H groups in total. The molecule has 0 aliphatic rings. The Morgan fingerprint density at radius 3 is 1.84 bits per heavy atom. The average Bonchev–Trinajstić information content (AvgIpc) is 2.89. The number of phenolic OH excluding ortho intramolecular Hbond substituents is 1. The number of carbonyl (C=O) groups excluding carboxylic acids is 1. The molecule has 0 aliphatic heterocycles. The second-order valence-electron chi connectivity index (χ2n) is 8.95. The number of phenols is 1. The zero-order valence-corrected chi connectivity index (χ0v) is 25.8. The highest BCUT2D eigenvalue weighted by molar-refractivity contribution is 7.90. The van der Waals surface area contributed by atoms with E-state index in [9.17, 15) is 44.3 Å². The van der Waals surface area contributed by atoms with Crippen LogP contribution in [-0.2, 0) is 35.8 Å². The van der Waals surface area contributed by atoms with E-state index >= 15 is 0 Å². The molecule has 0 heterocycles. The molecule has 0 fully saturated rings. The highest BCUT2D eigenvalue weighted by Gasteiger charge is 2.21. The fourth-order valence-electron chi connectivity index (χ4n) is 3.69. The van der Waals surface area contributed by atoms with Gasteiger partial charge in [0.1, 0.15) is 5.75 Å². The van der Waals surface area contributed by atoms with Crippen molar-refractivity contribution in [1.29, 1.82) is 0 Å². The van der Waals surface area contributed by atoms with Gasteiger partial charge in [-0.25, -0.2) is 8.42 Å². The predicted molar refractivity (Wildman–Crippen MR) is 164 cm³/mol. The lowest BCUT2D eigenvalue weighted by molar-refractivity contribution is 0.102. The van der Waals surface area contributed by atoms with Crippen molar-refractivity contribution < 1.29 is 44.3 Å². The van der Waals surface area contributed by atoms with Crippen LogP contribution in [0.25, 0.3) is 10.8 Å². The Bertz CT molecular complexity index is 1960. The summed E-state index contributed by atoms with van der Waals surface area (Å²) < 4.78 is 88.9. The van der Waals surface area contributed by atoms with Crippen molar-refractivity contribution in [2.75, 3.05) is 22.7 Å². The number of halogens is 2. The molecule has 0 aromatic heterocycles. The third-order valence-corrected chi connectivity index (χ3v) is 9.61. The minimum atomic E-state index is -4.82. The van der Waals surface area contributed by atoms with Crippen LogP contribution in [0.15, 0.2) is 82.6 Å². The third kappa shape index (κ3) is 9.53. The molecule has 43 heavy (non-hydrogen) atoms. The van der Waals surface area contributed by atoms with E-state index < -0.39 is 51.5 Å². The third-order valence-electron chi connectivity index (χ3n) is 5.68. The number of nitrogens with one attached hydrogen (secondary N) is 1. The Morgan fingerprint density at radius 1 is 0.814 bits per heavy atom. The summed E-state index contributed by atoms with van der Waals surface area (Å²) in [5.74, 6) is -2.04. The van der Waals surface area contributed by atoms with Crippen molar-refractivity contribution in [1.82, 2.24) is 0 Å². The van der Waals surface area contributed by atoms with Crippen LogP contribution in [0.5, 0.6) is 5.75 Å². The summed E-state index contributed by atoms with van der Waals surface area (Å²) in [5, 5.41) is 13.1. The van der Waals surface area contributed by atoms with Crippen LogP contribution in [0.4, 0.5) is 11.4 Å². The van der Waals surface area contributed by atoms with Gasteiger partial charge in [0.05, 0.1) is 27.0 Å². The van der Waals surface area contributed by atoms with Gasteiger partial charge in [-0.15, -0.1) is 11.6 Å². The molecule has 12 nitrogen and oxygen atoms in total. The fourth-order valence-corrected chi connectivity index (χ4v) is 6.68. The Morgan fingerprint density at radius 2 is 1.35 bits per heavy atom. The van der Waals surface area contributed by atoms with E-state index in [-0.39, 0.29) is 39.4 Å². The van der Waals surface area contributed by atoms with Crippen molar-refractivity contribution in [3.63, 3.8) is 0 Å². The minimum absolute atomic E-state index is 0.0444. The number of carbonyl (C=O) groups is 1. The first kappa shape index (κ1) is 34.1. The first-order valence-electron chi connectivity index (χ1n) is 11.8. The molecule has 0 saturated carbocycles. The molecule has 17 heteroatoms. The first-order chi connectivity index (χ1) is 19.9. The number of amides is 1. The van der Waals surface area contributed by atoms with Crippen molar-refractivity contribution in [2.45, 2.75) is 15.5 Å². The number of alkyl halides is 1. The molecule has 4 aromatic carbocycles. The maximum atomic E-state index is 12.8. The molecule has 0 unspecified atom stereocenters. The number of anilines is 2. The molecule has 0 bridgehead atoms. The number of rotatable bonds is 8. The molecular formula is C26H24Cl2N2O10S3. The summed E-state index contributed by atoms with van der Waals surface area (Å²) in [7, 11) is -13.0. The SMILES string of the molecule is Nc1ccc(Cl)cc1.O=C(Nc1cc(S(=O)(=O)O)cc2cc(S(=O)(=O)O)cc(O)c12)c1ccc(CS(=O)(=O)CCCl)cc1. The smallest absolute Gasteiger partial charge is 0.294 e. The lowest BCUT2D eigenvalue weighted by Crippen LogP contribution is -2.14. The topological polar surface area (TPSA) is 218 Å². The van der Waals surface area contributed by atoms with Gasteiger partial charge >= 0.3 is 0 Å². The Hall–Kier alpha value is -3.44. The molecular weight excluding hydrogens is 667 g/mol. The Kier molecular flexibility index (Phi) is 10.7. The fraction of sp³-hybridized carbons (Fsp3) is 0.115. The quantitative estimate of drug-likeness (QED) is 0.0993. The largest absolute Gasteiger partial charge is 0.507 e. The Balaban J connectivity index is 0.000000546. The summed E-state index contributed by atoms with van der Waals surface area (Å²) in [6, 6.07) is 15.8. The Labute approximate surface area is 257 Å². The van der Waals surface area contributed by atoms with Crippen LogP contribution in [0.2, 0.25) is 5.02 Å². The van der Waals surface area contributed by atoms with Crippen LogP contribution in [0.1, 0.15) is 15.9 Å². The minimum Gasteiger partial charge on any atom is -0.507 e. The predicted octanol–water partition coefficient (Wildman–Crippen LogP) is 4.37. The van der Waals surface area contributed by atoms with E-state index in [4.69, 9.17) is 28.9 Å². The second-order valence-corrected chi connectivity index (χ2v) is 14.8. The van der Waals surface area contributed by atoms with Crippen molar-refractivity contribution >= 4 is 81.3 Å². The van der Waals surface area contributed by atoms with Crippen LogP contribution in [0.3, 0.4) is 0 Å². The molecule has 0 radical (unpaired) electrons. The van der Waals surface area contributed by atoms with Gasteiger partial charge in [-0.2, -0.15) is 16.8 Å². The number of fused-ring (bicyclic) bond motifs is 1. The van der Waals surface area contributed by atoms with E-state index in [1.165, 1.54) is 24.3 Å². The maximum Gasteiger partial charge on any atom is 0.294 e. The van der Waals surface area contributed by atoms with E-state index in [0.29, 0.717) is 11.6 Å². The van der Waals surface area contributed by atoms with Crippen molar-refractivity contribution in [3.05, 3.63) is 88.9 Å². The van der Waals surface area contributed by atoms with E-state index in [1.807, 2.05) is 0 Å². The van der Waals surface area contributed by atoms with E-state index in [2.05, 4.69) is 5.32 Å². The highest BCUT2D eigenvalue weighted by Crippen LogP contribution is 2.37. The first-order valence-corrected chi connectivity index (χ1v) is 17.4. The second kappa shape index (κ2) is 13.5. The number of nitrogen functional groups attached to an aromatic ring is 1. The number of nitrogens with two attached hydrogens (primary N) is 1. The van der Waals surface area contributed by atoms with Crippen LogP contribution in [0, 0.1) is 0 Å². The normalized spacial score (nSPS) is 11.9. The molecule has 230 valence electrons. The number of benzene rings is 4. The van der Waals surface area contributed by atoms with Gasteiger partial charge in [0, 0.05) is 33.6 Å². The number of aromatic hydroxyl groups is 1. The van der Waals surface area contributed by atoms with Gasteiger partial charge in [0.25, 0.3) is 26.1 Å². The van der Waals surface area contributed by atoms with E-state index in [1.54, 1.807) is 24.3 Å². The van der Waals surface area contributed by atoms with Crippen molar-refractivity contribution in [3.8, 4) is 5.75 Å². The number of hydrogen-bond acceptors (Lipinski definition) is 9. The lowest BCUT2D eigenvalue weighted by Gasteiger charge is -2.13. The zero-order chi connectivity index (χ0) is 32.2. The van der Waals surface area contributed by atoms with Crippen molar-refractivity contribution in [2.24, 2.45) is 0 Å². The molecule has 4 rings (SSSR count). The standard InChI is InChI=1S/C20H18ClNO10S3.C6H6ClN/c21-5-6-33(25,26)11-12-1-3-13(4-2-12)20(24)22-17-9-15(34(27,28)29)7-14-8-16(35(30,31)32)10-18(23)19(14)17;7-5-1-3-6(8)4-2-5/h1-4,7-10,23H,5-6,11H2,(H,22,24)(H,27,28,29)(H,30,31,32);1-4H,8H2. The number of sulfone groups is 1. The lowest BCUT2D eigenvalue weighted by atomic mass is 10.1. The summed E-state index contributed by atoms with van der Waals surface area (Å²) in [4.78, 5) is 11.3. The van der Waals surface area contributed by atoms with Gasteiger partial charge < -0.3 is 16.2 Å². The molecule has 0 saturated heterocycles. The zero-order valence-electron chi connectivity index (χ0n) is 21.8. The van der Waals surface area contributed by atoms with Gasteiger partial charge in [0.15, 0.2) is 9.84 Å². The van der Waals surface area contributed by atoms with Crippen LogP contribution in [-0.4, -0.2) is 57.0 Å². The van der Waals surface area contributed by atoms with Gasteiger partial charge in [-0.05, 0) is 65.5 Å². The van der Waals surface area contributed by atoms with Crippen LogP contribution >= 0.6 is 23.2 Å². The molecule has 0 aliphatic carbocycles. The van der Waals surface area contributed by atoms with Gasteiger partial charge in [-0.3, -0.25) is 13.9 Å². The summed E-state index contributed by atoms with van der Waals surface area (Å²) in [5.41, 5.74) is 6.28. The summed E-state index contributed by atoms with van der Waals surface area (Å²) in [6.07, 6.45) is 0. The number of hydrogen-bond donors (Lipinski definition) is 5. The van der Waals surface area contributed by atoms with Gasteiger partial charge in [0.2, 0.25) is 0 Å². The average molecular weight is 692 g/mol. The van der Waals surface area contributed by atoms with Crippen LogP contribution < -0.4 is 11.1 Å². The summed E-state index contributed by atoms with van der Waals surface area (Å²) >= 11 is 11.0. The molecule has 0 spiro atoms. The summed E-state index contributed by atoms with van der Waals surface area (Å²) in [6.45, 7) is 0. The molecule has 0 atom stereocenters. The maximum absolute atomic E-state index is 12.8. The van der Waals surface area contributed by atoms with E-state index in [0.717, 1.165) is 28.9 Å². The highest BCUT2D eigenvalue weighted by atomic mass is 35.5. The molecule has 4 aromatic rings. The van der Waals surface area contributed by atoms with Gasteiger partial charge in [-0.1, -0.05) is 23.7 Å².